The van der Waals surface area contributed by atoms with Gasteiger partial charge in [-0.3, -0.25) is 19.4 Å². The first-order valence-corrected chi connectivity index (χ1v) is 9.20. The van der Waals surface area contributed by atoms with Crippen LogP contribution >= 0.6 is 0 Å². The average molecular weight is 420 g/mol. The molecular formula is C20H19F3N4O3. The number of amides is 3. The van der Waals surface area contributed by atoms with Gasteiger partial charge in [-0.2, -0.15) is 13.2 Å². The third-order valence-corrected chi connectivity index (χ3v) is 4.59. The van der Waals surface area contributed by atoms with Crippen molar-refractivity contribution < 1.29 is 27.6 Å². The van der Waals surface area contributed by atoms with Crippen LogP contribution in [0.1, 0.15) is 22.5 Å². The number of carbonyl (C=O) groups excluding carboxylic acids is 3. The van der Waals surface area contributed by atoms with Crippen LogP contribution in [0.4, 0.5) is 18.9 Å². The van der Waals surface area contributed by atoms with Crippen molar-refractivity contribution in [2.45, 2.75) is 12.6 Å². The maximum atomic E-state index is 12.9. The number of nitrogens with zero attached hydrogens (tertiary/aromatic N) is 2. The fraction of sp³-hybridized carbons (Fsp3) is 0.300. The van der Waals surface area contributed by atoms with E-state index in [4.69, 9.17) is 0 Å². The van der Waals surface area contributed by atoms with Crippen LogP contribution in [0.15, 0.2) is 48.7 Å². The van der Waals surface area contributed by atoms with Gasteiger partial charge in [-0.05, 0) is 30.3 Å². The SMILES string of the molecule is O=C(NCCNC(=O)[C@@H]1CC(=O)N(c2cccc(C(F)(F)F)c2)C1)c1ccccn1. The van der Waals surface area contributed by atoms with E-state index in [0.717, 1.165) is 12.1 Å². The van der Waals surface area contributed by atoms with Gasteiger partial charge in [-0.1, -0.05) is 12.1 Å². The lowest BCUT2D eigenvalue weighted by molar-refractivity contribution is -0.137. The molecule has 0 bridgehead atoms. The highest BCUT2D eigenvalue weighted by Gasteiger charge is 2.36. The predicted molar refractivity (Wildman–Crippen MR) is 101 cm³/mol. The minimum absolute atomic E-state index is 0.00767. The third kappa shape index (κ3) is 5.13. The number of carbonyl (C=O) groups is 3. The molecule has 7 nitrogen and oxygen atoms in total. The second kappa shape index (κ2) is 8.93. The van der Waals surface area contributed by atoms with Gasteiger partial charge in [-0.15, -0.1) is 0 Å². The summed E-state index contributed by atoms with van der Waals surface area (Å²) >= 11 is 0. The van der Waals surface area contributed by atoms with E-state index < -0.39 is 29.5 Å². The van der Waals surface area contributed by atoms with E-state index in [9.17, 15) is 27.6 Å². The molecule has 3 rings (SSSR count). The first-order valence-electron chi connectivity index (χ1n) is 9.20. The molecule has 158 valence electrons. The number of alkyl halides is 3. The van der Waals surface area contributed by atoms with Crippen LogP contribution in [0, 0.1) is 5.92 Å². The fourth-order valence-corrected chi connectivity index (χ4v) is 3.08. The Morgan fingerprint density at radius 1 is 1.10 bits per heavy atom. The van der Waals surface area contributed by atoms with Crippen LogP contribution in [0.3, 0.4) is 0 Å². The summed E-state index contributed by atoms with van der Waals surface area (Å²) in [6.07, 6.45) is -3.12. The molecule has 1 aromatic carbocycles. The van der Waals surface area contributed by atoms with Crippen LogP contribution in [0.25, 0.3) is 0 Å². The van der Waals surface area contributed by atoms with E-state index in [1.54, 1.807) is 18.2 Å². The lowest BCUT2D eigenvalue weighted by Gasteiger charge is -2.18. The van der Waals surface area contributed by atoms with E-state index in [-0.39, 0.29) is 43.3 Å². The Morgan fingerprint density at radius 2 is 1.87 bits per heavy atom. The number of hydrogen-bond acceptors (Lipinski definition) is 4. The second-order valence-corrected chi connectivity index (χ2v) is 6.72. The zero-order valence-electron chi connectivity index (χ0n) is 15.8. The summed E-state index contributed by atoms with van der Waals surface area (Å²) in [5.74, 6) is -1.88. The Bertz CT molecular complexity index is 934. The highest BCUT2D eigenvalue weighted by Crippen LogP contribution is 2.33. The molecule has 0 aliphatic carbocycles. The van der Waals surface area contributed by atoms with Crippen LogP contribution < -0.4 is 15.5 Å². The van der Waals surface area contributed by atoms with Gasteiger partial charge in [0, 0.05) is 37.9 Å². The molecule has 1 aromatic heterocycles. The number of aromatic nitrogens is 1. The molecule has 2 N–H and O–H groups in total. The molecule has 0 spiro atoms. The standard InChI is InChI=1S/C20H19F3N4O3/c21-20(22,23)14-4-3-5-15(11-14)27-12-13(10-17(27)28)18(29)25-8-9-26-19(30)16-6-1-2-7-24-16/h1-7,11,13H,8-10,12H2,(H,25,29)(H,26,30)/t13-/m1/s1. The van der Waals surface area contributed by atoms with E-state index in [1.807, 2.05) is 0 Å². The van der Waals surface area contributed by atoms with E-state index >= 15 is 0 Å². The summed E-state index contributed by atoms with van der Waals surface area (Å²) in [7, 11) is 0. The molecule has 2 aromatic rings. The van der Waals surface area contributed by atoms with Crippen LogP contribution in [0.5, 0.6) is 0 Å². The molecule has 1 saturated heterocycles. The summed E-state index contributed by atoms with van der Waals surface area (Å²) in [4.78, 5) is 41.5. The first-order chi connectivity index (χ1) is 14.3. The molecule has 0 radical (unpaired) electrons. The minimum Gasteiger partial charge on any atom is -0.354 e. The molecule has 0 unspecified atom stereocenters. The number of rotatable bonds is 6. The number of halogens is 3. The summed E-state index contributed by atoms with van der Waals surface area (Å²) in [5, 5.41) is 5.24. The Labute approximate surface area is 170 Å². The molecule has 1 atom stereocenters. The Hall–Kier alpha value is -3.43. The lowest BCUT2D eigenvalue weighted by Crippen LogP contribution is -2.38. The summed E-state index contributed by atoms with van der Waals surface area (Å²) < 4.78 is 38.7. The average Bonchev–Trinajstić information content (AvgIpc) is 3.13. The van der Waals surface area contributed by atoms with Gasteiger partial charge in [0.1, 0.15) is 5.69 Å². The Morgan fingerprint density at radius 3 is 2.57 bits per heavy atom. The van der Waals surface area contributed by atoms with Gasteiger partial charge >= 0.3 is 6.18 Å². The van der Waals surface area contributed by atoms with Crippen LogP contribution in [-0.4, -0.2) is 42.3 Å². The van der Waals surface area contributed by atoms with Crippen molar-refractivity contribution >= 4 is 23.4 Å². The normalized spacial score (nSPS) is 16.4. The Kier molecular flexibility index (Phi) is 6.34. The van der Waals surface area contributed by atoms with Gasteiger partial charge in [0.2, 0.25) is 11.8 Å². The molecule has 3 amide bonds. The summed E-state index contributed by atoms with van der Waals surface area (Å²) in [6.45, 7) is 0.303. The number of pyridine rings is 1. The van der Waals surface area contributed by atoms with Gasteiger partial charge in [0.05, 0.1) is 11.5 Å². The lowest BCUT2D eigenvalue weighted by atomic mass is 10.1. The molecular weight excluding hydrogens is 401 g/mol. The second-order valence-electron chi connectivity index (χ2n) is 6.72. The highest BCUT2D eigenvalue weighted by atomic mass is 19.4. The van der Waals surface area contributed by atoms with Crippen molar-refractivity contribution in [3.63, 3.8) is 0 Å². The summed E-state index contributed by atoms with van der Waals surface area (Å²) in [6, 6.07) is 9.36. The highest BCUT2D eigenvalue weighted by molar-refractivity contribution is 6.00. The fourth-order valence-electron chi connectivity index (χ4n) is 3.08. The van der Waals surface area contributed by atoms with Crippen molar-refractivity contribution in [2.24, 2.45) is 5.92 Å². The van der Waals surface area contributed by atoms with Crippen LogP contribution in [-0.2, 0) is 15.8 Å². The smallest absolute Gasteiger partial charge is 0.354 e. The zero-order chi connectivity index (χ0) is 21.7. The van der Waals surface area contributed by atoms with Crippen molar-refractivity contribution in [1.29, 1.82) is 0 Å². The third-order valence-electron chi connectivity index (χ3n) is 4.59. The quantitative estimate of drug-likeness (QED) is 0.700. The molecule has 0 saturated carbocycles. The molecule has 1 fully saturated rings. The topological polar surface area (TPSA) is 91.4 Å². The zero-order valence-corrected chi connectivity index (χ0v) is 15.8. The largest absolute Gasteiger partial charge is 0.416 e. The number of anilines is 1. The molecule has 2 heterocycles. The van der Waals surface area contributed by atoms with E-state index in [2.05, 4.69) is 15.6 Å². The van der Waals surface area contributed by atoms with Gasteiger partial charge in [0.15, 0.2) is 0 Å². The molecule has 1 aliphatic heterocycles. The van der Waals surface area contributed by atoms with Crippen molar-refractivity contribution in [3.8, 4) is 0 Å². The molecule has 30 heavy (non-hydrogen) atoms. The van der Waals surface area contributed by atoms with E-state index in [0.29, 0.717) is 0 Å². The summed E-state index contributed by atoms with van der Waals surface area (Å²) in [5.41, 5.74) is -0.501. The number of hydrogen-bond donors (Lipinski definition) is 2. The number of nitrogens with one attached hydrogen (secondary N) is 2. The molecule has 10 heteroatoms. The first kappa shape index (κ1) is 21.3. The van der Waals surface area contributed by atoms with Gasteiger partial charge < -0.3 is 15.5 Å². The van der Waals surface area contributed by atoms with Gasteiger partial charge in [0.25, 0.3) is 5.91 Å². The molecule has 1 aliphatic rings. The van der Waals surface area contributed by atoms with Crippen molar-refractivity contribution in [3.05, 3.63) is 59.9 Å². The minimum atomic E-state index is -4.52. The maximum absolute atomic E-state index is 12.9. The Balaban J connectivity index is 1.50. The van der Waals surface area contributed by atoms with E-state index in [1.165, 1.54) is 23.2 Å². The van der Waals surface area contributed by atoms with Crippen molar-refractivity contribution in [2.75, 3.05) is 24.5 Å². The predicted octanol–water partition coefficient (Wildman–Crippen LogP) is 2.00. The van der Waals surface area contributed by atoms with Crippen LogP contribution in [0.2, 0.25) is 0 Å². The van der Waals surface area contributed by atoms with Gasteiger partial charge in [-0.25, -0.2) is 0 Å². The van der Waals surface area contributed by atoms with Crippen molar-refractivity contribution in [1.82, 2.24) is 15.6 Å². The maximum Gasteiger partial charge on any atom is 0.416 e. The number of benzene rings is 1. The monoisotopic (exact) mass is 420 g/mol.